The van der Waals surface area contributed by atoms with Crippen molar-refractivity contribution in [2.24, 2.45) is 0 Å². The molecule has 0 aromatic heterocycles. The highest BCUT2D eigenvalue weighted by atomic mass is 19.1. The van der Waals surface area contributed by atoms with Crippen molar-refractivity contribution in [2.75, 3.05) is 38.7 Å². The van der Waals surface area contributed by atoms with Crippen LogP contribution in [0.2, 0.25) is 0 Å². The first-order valence-corrected chi connectivity index (χ1v) is 13.1. The zero-order chi connectivity index (χ0) is 27.4. The Bertz CT molecular complexity index is 1370. The summed E-state index contributed by atoms with van der Waals surface area (Å²) in [4.78, 5) is 17.4. The lowest BCUT2D eigenvalue weighted by molar-refractivity contribution is -0.0585. The molecule has 2 heterocycles. The van der Waals surface area contributed by atoms with Crippen LogP contribution in [0.5, 0.6) is 5.75 Å². The van der Waals surface area contributed by atoms with E-state index >= 15 is 0 Å². The van der Waals surface area contributed by atoms with E-state index in [1.807, 2.05) is 53.4 Å². The lowest BCUT2D eigenvalue weighted by Gasteiger charge is -2.57. The van der Waals surface area contributed by atoms with Crippen molar-refractivity contribution in [3.63, 3.8) is 0 Å². The highest BCUT2D eigenvalue weighted by Crippen LogP contribution is 2.42. The van der Waals surface area contributed by atoms with Gasteiger partial charge in [-0.05, 0) is 73.5 Å². The van der Waals surface area contributed by atoms with Crippen LogP contribution in [-0.4, -0.2) is 66.4 Å². The molecule has 2 amide bonds. The second-order valence-corrected chi connectivity index (χ2v) is 9.89. The first-order valence-electron chi connectivity index (χ1n) is 13.1. The summed E-state index contributed by atoms with van der Waals surface area (Å²) in [5, 5.41) is 13.2. The van der Waals surface area contributed by atoms with E-state index < -0.39 is 11.6 Å². The van der Waals surface area contributed by atoms with Gasteiger partial charge in [0.1, 0.15) is 17.4 Å². The molecule has 3 atom stereocenters. The number of ether oxygens (including phenoxy) is 1. The molecule has 2 fully saturated rings. The number of nitrogens with zero attached hydrogens (tertiary/aromatic N) is 2. The predicted octanol–water partition coefficient (Wildman–Crippen LogP) is 4.83. The van der Waals surface area contributed by atoms with Gasteiger partial charge in [0.2, 0.25) is 0 Å². The van der Waals surface area contributed by atoms with Gasteiger partial charge in [-0.3, -0.25) is 4.90 Å². The molecule has 2 N–H and O–H groups in total. The van der Waals surface area contributed by atoms with Crippen LogP contribution in [0.1, 0.15) is 35.4 Å². The molecule has 3 aromatic rings. The monoisotopic (exact) mass is 531 g/mol. The molecule has 3 unspecified atom stereocenters. The van der Waals surface area contributed by atoms with Crippen molar-refractivity contribution in [3.8, 4) is 17.6 Å². The average molecular weight is 532 g/mol. The van der Waals surface area contributed by atoms with E-state index in [0.717, 1.165) is 36.8 Å². The third kappa shape index (κ3) is 5.90. The molecule has 0 aliphatic carbocycles. The van der Waals surface area contributed by atoms with Gasteiger partial charge in [-0.2, -0.15) is 0 Å². The van der Waals surface area contributed by atoms with Gasteiger partial charge in [-0.25, -0.2) is 13.6 Å². The van der Waals surface area contributed by atoms with Gasteiger partial charge in [0.25, 0.3) is 0 Å². The van der Waals surface area contributed by atoms with E-state index in [2.05, 4.69) is 22.1 Å². The van der Waals surface area contributed by atoms with Crippen molar-refractivity contribution < 1.29 is 23.4 Å². The Morgan fingerprint density at radius 1 is 1.03 bits per heavy atom. The number of amides is 2. The third-order valence-corrected chi connectivity index (χ3v) is 7.57. The van der Waals surface area contributed by atoms with Crippen LogP contribution in [0.3, 0.4) is 0 Å². The summed E-state index contributed by atoms with van der Waals surface area (Å²) in [6.45, 7) is 2.13. The van der Waals surface area contributed by atoms with Crippen LogP contribution in [0.4, 0.5) is 19.3 Å². The molecular formula is C31H31F2N3O3. The molecule has 0 saturated carbocycles. The second kappa shape index (κ2) is 11.9. The Labute approximate surface area is 227 Å². The van der Waals surface area contributed by atoms with E-state index in [1.165, 1.54) is 12.1 Å². The summed E-state index contributed by atoms with van der Waals surface area (Å²) in [7, 11) is 1.60. The summed E-state index contributed by atoms with van der Waals surface area (Å²) in [5.41, 5.74) is 2.61. The fourth-order valence-corrected chi connectivity index (χ4v) is 5.52. The molecule has 39 heavy (non-hydrogen) atoms. The van der Waals surface area contributed by atoms with Crippen LogP contribution in [0.25, 0.3) is 0 Å². The first kappa shape index (κ1) is 26.7. The fourth-order valence-electron chi connectivity index (χ4n) is 5.52. The van der Waals surface area contributed by atoms with E-state index in [-0.39, 0.29) is 36.2 Å². The Balaban J connectivity index is 1.30. The number of methoxy groups -OCH3 is 1. The van der Waals surface area contributed by atoms with Crippen molar-refractivity contribution >= 4 is 11.7 Å². The van der Waals surface area contributed by atoms with Crippen LogP contribution in [0, 0.1) is 23.5 Å². The number of urea groups is 1. The normalized spacial score (nSPS) is 20.9. The number of rotatable bonds is 4. The standard InChI is InChI=1S/C31H31F2N3O3/c1-39-26-14-12-25(13-15-26)34-31(38)35-16-2-3-17-36-28(19-35)30(29(36)20-37)23-8-5-21(6-9-23)4-7-22-10-11-24(32)18-27(22)33/h5-6,8-15,18,28-30,37H,2-3,16-17,19-20H2,1H3,(H,34,38). The summed E-state index contributed by atoms with van der Waals surface area (Å²) in [6, 6.07) is 18.2. The van der Waals surface area contributed by atoms with Crippen molar-refractivity contribution in [3.05, 3.63) is 95.1 Å². The topological polar surface area (TPSA) is 65.0 Å². The maximum absolute atomic E-state index is 13.9. The highest BCUT2D eigenvalue weighted by molar-refractivity contribution is 5.89. The Kier molecular flexibility index (Phi) is 8.10. The number of carbonyl (C=O) groups is 1. The molecular weight excluding hydrogens is 500 g/mol. The summed E-state index contributed by atoms with van der Waals surface area (Å²) >= 11 is 0. The highest BCUT2D eigenvalue weighted by Gasteiger charge is 2.49. The minimum Gasteiger partial charge on any atom is -0.497 e. The molecule has 6 nitrogen and oxygen atoms in total. The number of halogens is 2. The number of carbonyl (C=O) groups excluding carboxylic acids is 1. The predicted molar refractivity (Wildman–Crippen MR) is 146 cm³/mol. The number of aliphatic hydroxyl groups is 1. The molecule has 2 aliphatic rings. The molecule has 0 bridgehead atoms. The Hall–Kier alpha value is -3.93. The minimum atomic E-state index is -0.690. The number of benzene rings is 3. The van der Waals surface area contributed by atoms with Gasteiger partial charge in [0.15, 0.2) is 0 Å². The molecule has 202 valence electrons. The van der Waals surface area contributed by atoms with Gasteiger partial charge in [-0.1, -0.05) is 24.0 Å². The quantitative estimate of drug-likeness (QED) is 0.474. The van der Waals surface area contributed by atoms with E-state index in [0.29, 0.717) is 24.3 Å². The van der Waals surface area contributed by atoms with Crippen molar-refractivity contribution in [1.82, 2.24) is 9.80 Å². The average Bonchev–Trinajstić information content (AvgIpc) is 2.93. The molecule has 2 saturated heterocycles. The zero-order valence-electron chi connectivity index (χ0n) is 21.7. The SMILES string of the molecule is COc1ccc(NC(=O)N2CCCCN3C(CO)C(c4ccc(C#Cc5ccc(F)cc5F)cc4)C3C2)cc1. The second-order valence-electron chi connectivity index (χ2n) is 9.89. The van der Waals surface area contributed by atoms with Crippen molar-refractivity contribution in [1.29, 1.82) is 0 Å². The number of hydrogen-bond donors (Lipinski definition) is 2. The zero-order valence-corrected chi connectivity index (χ0v) is 21.7. The first-order chi connectivity index (χ1) is 19.0. The summed E-state index contributed by atoms with van der Waals surface area (Å²) < 4.78 is 32.3. The van der Waals surface area contributed by atoms with Gasteiger partial charge < -0.3 is 20.1 Å². The Morgan fingerprint density at radius 2 is 1.77 bits per heavy atom. The number of anilines is 1. The summed E-state index contributed by atoms with van der Waals surface area (Å²) in [5.74, 6) is 5.15. The van der Waals surface area contributed by atoms with Crippen LogP contribution < -0.4 is 10.1 Å². The molecule has 5 rings (SSSR count). The number of nitrogens with one attached hydrogen (secondary N) is 1. The lowest BCUT2D eigenvalue weighted by atomic mass is 9.74. The Morgan fingerprint density at radius 3 is 2.46 bits per heavy atom. The van der Waals surface area contributed by atoms with E-state index in [4.69, 9.17) is 4.74 Å². The van der Waals surface area contributed by atoms with Crippen LogP contribution in [0.15, 0.2) is 66.7 Å². The van der Waals surface area contributed by atoms with Gasteiger partial charge in [0, 0.05) is 48.4 Å². The number of fused-ring (bicyclic) bond motifs is 1. The maximum atomic E-state index is 13.9. The van der Waals surface area contributed by atoms with Gasteiger partial charge in [0.05, 0.1) is 19.3 Å². The van der Waals surface area contributed by atoms with Gasteiger partial charge in [-0.15, -0.1) is 0 Å². The van der Waals surface area contributed by atoms with Gasteiger partial charge >= 0.3 is 6.03 Å². The molecule has 0 radical (unpaired) electrons. The number of hydrogen-bond acceptors (Lipinski definition) is 4. The molecule has 0 spiro atoms. The smallest absolute Gasteiger partial charge is 0.321 e. The largest absolute Gasteiger partial charge is 0.497 e. The van der Waals surface area contributed by atoms with Crippen molar-refractivity contribution in [2.45, 2.75) is 30.8 Å². The van der Waals surface area contributed by atoms with E-state index in [1.54, 1.807) is 7.11 Å². The minimum absolute atomic E-state index is 0.0233. The third-order valence-electron chi connectivity index (χ3n) is 7.57. The maximum Gasteiger partial charge on any atom is 0.321 e. The van der Waals surface area contributed by atoms with E-state index in [9.17, 15) is 18.7 Å². The molecule has 2 aliphatic heterocycles. The summed E-state index contributed by atoms with van der Waals surface area (Å²) in [6.07, 6.45) is 1.84. The van der Waals surface area contributed by atoms with Crippen LogP contribution in [-0.2, 0) is 0 Å². The number of aliphatic hydroxyl groups excluding tert-OH is 1. The fraction of sp³-hybridized carbons (Fsp3) is 0.323. The van der Waals surface area contributed by atoms with Crippen LogP contribution >= 0.6 is 0 Å². The molecule has 3 aromatic carbocycles. The molecule has 8 heteroatoms. The lowest BCUT2D eigenvalue weighted by Crippen LogP contribution is -2.68.